The van der Waals surface area contributed by atoms with Crippen LogP contribution in [0.25, 0.3) is 0 Å². The molecule has 1 aliphatic carbocycles. The molecule has 6 nitrogen and oxygen atoms in total. The Morgan fingerprint density at radius 1 is 1.28 bits per heavy atom. The summed E-state index contributed by atoms with van der Waals surface area (Å²) in [4.78, 5) is 14.6. The van der Waals surface area contributed by atoms with E-state index in [4.69, 9.17) is 9.88 Å². The van der Waals surface area contributed by atoms with Crippen molar-refractivity contribution in [3.8, 4) is 5.75 Å². The Morgan fingerprint density at radius 3 is 2.56 bits per heavy atom. The number of likely N-dealkylation sites (tertiary alicyclic amines) is 1. The third-order valence-electron chi connectivity index (χ3n) is 5.24. The highest BCUT2D eigenvalue weighted by Crippen LogP contribution is 2.33. The fraction of sp³-hybridized carbons (Fsp3) is 0.611. The van der Waals surface area contributed by atoms with E-state index in [1.165, 1.54) is 12.8 Å². The highest BCUT2D eigenvalue weighted by atomic mass is 32.2. The molecule has 1 saturated carbocycles. The van der Waals surface area contributed by atoms with E-state index in [9.17, 15) is 13.2 Å². The molecule has 0 spiro atoms. The molecular formula is C18H26N2O4S. The smallest absolute Gasteiger partial charge is 0.254 e. The lowest BCUT2D eigenvalue weighted by Crippen LogP contribution is -2.42. The molecule has 1 unspecified atom stereocenters. The van der Waals surface area contributed by atoms with E-state index >= 15 is 0 Å². The Morgan fingerprint density at radius 2 is 1.96 bits per heavy atom. The highest BCUT2D eigenvalue weighted by molar-refractivity contribution is 7.89. The van der Waals surface area contributed by atoms with Gasteiger partial charge in [-0.05, 0) is 64.2 Å². The van der Waals surface area contributed by atoms with Crippen molar-refractivity contribution >= 4 is 15.9 Å². The molecule has 0 radical (unpaired) electrons. The van der Waals surface area contributed by atoms with Gasteiger partial charge >= 0.3 is 0 Å². The molecule has 1 saturated heterocycles. The van der Waals surface area contributed by atoms with Gasteiger partial charge in [-0.15, -0.1) is 0 Å². The first-order chi connectivity index (χ1) is 11.7. The zero-order valence-corrected chi connectivity index (χ0v) is 15.6. The fourth-order valence-electron chi connectivity index (χ4n) is 3.82. The summed E-state index contributed by atoms with van der Waals surface area (Å²) in [6.07, 6.45) is 5.03. The normalized spacial score (nSPS) is 23.8. The number of amides is 1. The molecule has 0 bridgehead atoms. The average molecular weight is 366 g/mol. The van der Waals surface area contributed by atoms with Crippen LogP contribution in [0.3, 0.4) is 0 Å². The van der Waals surface area contributed by atoms with Gasteiger partial charge in [0.25, 0.3) is 5.91 Å². The largest absolute Gasteiger partial charge is 0.490 e. The zero-order valence-electron chi connectivity index (χ0n) is 14.8. The molecule has 1 aromatic rings. The van der Waals surface area contributed by atoms with Gasteiger partial charge in [0, 0.05) is 17.6 Å². The molecule has 7 heteroatoms. The van der Waals surface area contributed by atoms with Crippen molar-refractivity contribution in [2.45, 2.75) is 62.8 Å². The molecule has 138 valence electrons. The number of carbonyl (C=O) groups excluding carboxylic acids is 1. The third kappa shape index (κ3) is 3.98. The van der Waals surface area contributed by atoms with E-state index in [1.54, 1.807) is 23.1 Å². The first-order valence-electron chi connectivity index (χ1n) is 8.77. The molecule has 1 aliphatic heterocycles. The van der Waals surface area contributed by atoms with Gasteiger partial charge in [0.1, 0.15) is 5.75 Å². The molecule has 2 fully saturated rings. The van der Waals surface area contributed by atoms with Crippen LogP contribution in [-0.4, -0.2) is 42.7 Å². The standard InChI is InChI=1S/C18H26N2O4S/c1-18(2)11-16(25(19,22)23)12-20(18)17(21)13-6-5-9-15(10-13)24-14-7-3-4-8-14/h5-6,9-10,14,16H,3-4,7-8,11-12H2,1-2H3,(H2,19,22,23). The van der Waals surface area contributed by atoms with Crippen molar-refractivity contribution in [1.82, 2.24) is 4.90 Å². The number of carbonyl (C=O) groups is 1. The first-order valence-corrected chi connectivity index (χ1v) is 10.4. The van der Waals surface area contributed by atoms with Gasteiger partial charge in [-0.25, -0.2) is 13.6 Å². The predicted molar refractivity (Wildman–Crippen MR) is 96.0 cm³/mol. The second-order valence-electron chi connectivity index (χ2n) is 7.70. The van der Waals surface area contributed by atoms with Gasteiger partial charge in [-0.2, -0.15) is 0 Å². The van der Waals surface area contributed by atoms with Crippen LogP contribution < -0.4 is 9.88 Å². The minimum absolute atomic E-state index is 0.123. The molecule has 2 aliphatic rings. The second-order valence-corrected chi connectivity index (χ2v) is 9.54. The van der Waals surface area contributed by atoms with Crippen LogP contribution in [0.1, 0.15) is 56.3 Å². The molecule has 1 heterocycles. The number of hydrogen-bond acceptors (Lipinski definition) is 4. The molecular weight excluding hydrogens is 340 g/mol. The number of benzene rings is 1. The summed E-state index contributed by atoms with van der Waals surface area (Å²) in [6.45, 7) is 3.86. The highest BCUT2D eigenvalue weighted by Gasteiger charge is 2.45. The van der Waals surface area contributed by atoms with E-state index in [0.29, 0.717) is 17.7 Å². The minimum atomic E-state index is -3.66. The van der Waals surface area contributed by atoms with Crippen molar-refractivity contribution in [1.29, 1.82) is 0 Å². The van der Waals surface area contributed by atoms with Gasteiger partial charge in [0.15, 0.2) is 0 Å². The zero-order chi connectivity index (χ0) is 18.2. The fourth-order valence-corrected chi connectivity index (χ4v) is 4.81. The number of sulfonamides is 1. The maximum atomic E-state index is 13.0. The quantitative estimate of drug-likeness (QED) is 0.885. The SMILES string of the molecule is CC1(C)CC(S(N)(=O)=O)CN1C(=O)c1cccc(OC2CCCC2)c1. The van der Waals surface area contributed by atoms with Crippen LogP contribution in [0.5, 0.6) is 5.75 Å². The number of ether oxygens (including phenoxy) is 1. The molecule has 1 aromatic carbocycles. The lowest BCUT2D eigenvalue weighted by Gasteiger charge is -2.31. The summed E-state index contributed by atoms with van der Waals surface area (Å²) in [7, 11) is -3.66. The molecule has 25 heavy (non-hydrogen) atoms. The van der Waals surface area contributed by atoms with Gasteiger partial charge in [0.2, 0.25) is 10.0 Å². The van der Waals surface area contributed by atoms with Crippen molar-refractivity contribution in [3.05, 3.63) is 29.8 Å². The van der Waals surface area contributed by atoms with E-state index in [0.717, 1.165) is 12.8 Å². The van der Waals surface area contributed by atoms with Crippen LogP contribution in [-0.2, 0) is 10.0 Å². The second kappa shape index (κ2) is 6.61. The van der Waals surface area contributed by atoms with E-state index in [-0.39, 0.29) is 18.6 Å². The number of hydrogen-bond donors (Lipinski definition) is 1. The summed E-state index contributed by atoms with van der Waals surface area (Å²) in [5, 5.41) is 4.57. The van der Waals surface area contributed by atoms with Crippen molar-refractivity contribution in [2.24, 2.45) is 5.14 Å². The Bertz CT molecular complexity index is 754. The van der Waals surface area contributed by atoms with E-state index < -0.39 is 20.8 Å². The van der Waals surface area contributed by atoms with Crippen molar-refractivity contribution in [2.75, 3.05) is 6.54 Å². The summed E-state index contributed by atoms with van der Waals surface area (Å²) >= 11 is 0. The predicted octanol–water partition coefficient (Wildman–Crippen LogP) is 2.29. The Labute approximate surface area is 149 Å². The maximum Gasteiger partial charge on any atom is 0.254 e. The van der Waals surface area contributed by atoms with Crippen molar-refractivity contribution < 1.29 is 17.9 Å². The van der Waals surface area contributed by atoms with Crippen LogP contribution >= 0.6 is 0 Å². The molecule has 3 rings (SSSR count). The number of nitrogens with zero attached hydrogens (tertiary/aromatic N) is 1. The van der Waals surface area contributed by atoms with Crippen molar-refractivity contribution in [3.63, 3.8) is 0 Å². The topological polar surface area (TPSA) is 89.7 Å². The Balaban J connectivity index is 1.78. The third-order valence-corrected chi connectivity index (χ3v) is 6.48. The van der Waals surface area contributed by atoms with E-state index in [2.05, 4.69) is 0 Å². The average Bonchev–Trinajstić information content (AvgIpc) is 3.13. The van der Waals surface area contributed by atoms with E-state index in [1.807, 2.05) is 19.9 Å². The Kier molecular flexibility index (Phi) is 4.81. The summed E-state index contributed by atoms with van der Waals surface area (Å²) < 4.78 is 29.4. The maximum absolute atomic E-state index is 13.0. The van der Waals surface area contributed by atoms with Crippen LogP contribution in [0.4, 0.5) is 0 Å². The van der Waals surface area contributed by atoms with Crippen LogP contribution in [0.15, 0.2) is 24.3 Å². The molecule has 0 aromatic heterocycles. The number of primary sulfonamides is 1. The van der Waals surface area contributed by atoms with Gasteiger partial charge < -0.3 is 9.64 Å². The van der Waals surface area contributed by atoms with Crippen LogP contribution in [0, 0.1) is 0 Å². The summed E-state index contributed by atoms with van der Waals surface area (Å²) in [5.41, 5.74) is -0.0464. The lowest BCUT2D eigenvalue weighted by atomic mass is 10.0. The van der Waals surface area contributed by atoms with Gasteiger partial charge in [-0.1, -0.05) is 6.07 Å². The van der Waals surface area contributed by atoms with Gasteiger partial charge in [0.05, 0.1) is 11.4 Å². The first kappa shape index (κ1) is 18.2. The monoisotopic (exact) mass is 366 g/mol. The number of rotatable bonds is 4. The lowest BCUT2D eigenvalue weighted by molar-refractivity contribution is 0.0651. The summed E-state index contributed by atoms with van der Waals surface area (Å²) in [5.74, 6) is 0.505. The summed E-state index contributed by atoms with van der Waals surface area (Å²) in [6, 6.07) is 7.15. The Hall–Kier alpha value is -1.60. The van der Waals surface area contributed by atoms with Gasteiger partial charge in [-0.3, -0.25) is 4.79 Å². The molecule has 1 amide bonds. The minimum Gasteiger partial charge on any atom is -0.490 e. The molecule has 2 N–H and O–H groups in total. The number of nitrogens with two attached hydrogens (primary N) is 1. The van der Waals surface area contributed by atoms with Crippen LogP contribution in [0.2, 0.25) is 0 Å². The molecule has 1 atom stereocenters.